The van der Waals surface area contributed by atoms with Crippen LogP contribution in [-0.4, -0.2) is 15.0 Å². The zero-order valence-corrected chi connectivity index (χ0v) is 9.71. The van der Waals surface area contributed by atoms with Gasteiger partial charge < -0.3 is 0 Å². The molecular weight excluding hydrogens is 210 g/mol. The minimum Gasteiger partial charge on any atom is -0.247 e. The summed E-state index contributed by atoms with van der Waals surface area (Å²) in [6.45, 7) is 6.03. The van der Waals surface area contributed by atoms with Crippen molar-refractivity contribution < 1.29 is 0 Å². The third-order valence-corrected chi connectivity index (χ3v) is 2.62. The van der Waals surface area contributed by atoms with Gasteiger partial charge in [0.25, 0.3) is 0 Å². The van der Waals surface area contributed by atoms with Gasteiger partial charge in [0, 0.05) is 5.69 Å². The summed E-state index contributed by atoms with van der Waals surface area (Å²) < 4.78 is 0. The van der Waals surface area contributed by atoms with Crippen LogP contribution in [0.25, 0.3) is 11.2 Å². The molecule has 0 atom stereocenters. The molecule has 0 aliphatic heterocycles. The van der Waals surface area contributed by atoms with Gasteiger partial charge in [-0.2, -0.15) is 0 Å². The van der Waals surface area contributed by atoms with E-state index in [1.807, 2.05) is 19.1 Å². The first-order chi connectivity index (χ1) is 7.08. The van der Waals surface area contributed by atoms with E-state index >= 15 is 0 Å². The summed E-state index contributed by atoms with van der Waals surface area (Å²) in [5.74, 6) is 0.385. The summed E-state index contributed by atoms with van der Waals surface area (Å²) in [7, 11) is 0. The van der Waals surface area contributed by atoms with Gasteiger partial charge in [0.1, 0.15) is 5.52 Å². The Hall–Kier alpha value is -1.22. The molecule has 0 aromatic carbocycles. The van der Waals surface area contributed by atoms with Gasteiger partial charge in [0.15, 0.2) is 10.8 Å². The molecule has 0 saturated heterocycles. The van der Waals surface area contributed by atoms with E-state index in [-0.39, 0.29) is 0 Å². The van der Waals surface area contributed by atoms with Crippen molar-refractivity contribution in [2.75, 3.05) is 0 Å². The van der Waals surface area contributed by atoms with E-state index < -0.39 is 0 Å². The van der Waals surface area contributed by atoms with E-state index in [0.29, 0.717) is 16.7 Å². The van der Waals surface area contributed by atoms with Crippen molar-refractivity contribution in [3.8, 4) is 0 Å². The standard InChI is InChI=1S/C11H12ClN3/c1-6(2)8-4-5-9-11(14-8)15-10(12)7(3)13-9/h4-6H,1-3H3. The van der Waals surface area contributed by atoms with E-state index in [4.69, 9.17) is 11.6 Å². The molecular formula is C11H12ClN3. The second kappa shape index (κ2) is 3.74. The number of rotatable bonds is 1. The second-order valence-corrected chi connectivity index (χ2v) is 4.19. The molecule has 15 heavy (non-hydrogen) atoms. The van der Waals surface area contributed by atoms with Gasteiger partial charge in [-0.1, -0.05) is 25.4 Å². The molecule has 0 bridgehead atoms. The van der Waals surface area contributed by atoms with Crippen LogP contribution in [0.5, 0.6) is 0 Å². The van der Waals surface area contributed by atoms with Gasteiger partial charge in [-0.15, -0.1) is 0 Å². The van der Waals surface area contributed by atoms with E-state index in [9.17, 15) is 0 Å². The summed E-state index contributed by atoms with van der Waals surface area (Å²) in [6, 6.07) is 3.92. The average Bonchev–Trinajstić information content (AvgIpc) is 2.19. The molecule has 2 aromatic rings. The maximum absolute atomic E-state index is 5.91. The Bertz CT molecular complexity index is 508. The molecule has 0 N–H and O–H groups in total. The SMILES string of the molecule is Cc1nc2ccc(C(C)C)nc2nc1Cl. The van der Waals surface area contributed by atoms with Crippen LogP contribution in [0.4, 0.5) is 0 Å². The molecule has 0 amide bonds. The highest BCUT2D eigenvalue weighted by Gasteiger charge is 2.06. The Kier molecular flexibility index (Phi) is 2.57. The smallest absolute Gasteiger partial charge is 0.179 e. The quantitative estimate of drug-likeness (QED) is 0.743. The molecule has 0 spiro atoms. The number of fused-ring (bicyclic) bond motifs is 1. The molecule has 2 aromatic heterocycles. The largest absolute Gasteiger partial charge is 0.247 e. The Morgan fingerprint density at radius 2 is 1.87 bits per heavy atom. The van der Waals surface area contributed by atoms with Gasteiger partial charge in [-0.05, 0) is 25.0 Å². The number of aryl methyl sites for hydroxylation is 1. The molecule has 0 saturated carbocycles. The molecule has 0 fully saturated rings. The van der Waals surface area contributed by atoms with Crippen LogP contribution in [0.3, 0.4) is 0 Å². The fourth-order valence-corrected chi connectivity index (χ4v) is 1.47. The van der Waals surface area contributed by atoms with Crippen molar-refractivity contribution in [2.45, 2.75) is 26.7 Å². The fraction of sp³-hybridized carbons (Fsp3) is 0.364. The summed E-state index contributed by atoms with van der Waals surface area (Å²) in [6.07, 6.45) is 0. The molecule has 2 heterocycles. The van der Waals surface area contributed by atoms with E-state index in [0.717, 1.165) is 16.9 Å². The Morgan fingerprint density at radius 1 is 1.13 bits per heavy atom. The van der Waals surface area contributed by atoms with E-state index in [2.05, 4.69) is 28.8 Å². The lowest BCUT2D eigenvalue weighted by Gasteiger charge is -2.05. The van der Waals surface area contributed by atoms with Gasteiger partial charge >= 0.3 is 0 Å². The van der Waals surface area contributed by atoms with Crippen LogP contribution < -0.4 is 0 Å². The monoisotopic (exact) mass is 221 g/mol. The molecule has 0 unspecified atom stereocenters. The first-order valence-electron chi connectivity index (χ1n) is 4.88. The summed E-state index contributed by atoms with van der Waals surface area (Å²) in [4.78, 5) is 12.9. The molecule has 4 heteroatoms. The minimum absolute atomic E-state index is 0.385. The minimum atomic E-state index is 0.385. The highest BCUT2D eigenvalue weighted by Crippen LogP contribution is 2.18. The van der Waals surface area contributed by atoms with Gasteiger partial charge in [0.05, 0.1) is 5.69 Å². The molecule has 78 valence electrons. The predicted octanol–water partition coefficient (Wildman–Crippen LogP) is 3.11. The molecule has 2 rings (SSSR count). The number of pyridine rings is 1. The fourth-order valence-electron chi connectivity index (χ4n) is 1.35. The van der Waals surface area contributed by atoms with Gasteiger partial charge in [-0.3, -0.25) is 0 Å². The molecule has 3 nitrogen and oxygen atoms in total. The third-order valence-electron chi connectivity index (χ3n) is 2.26. The van der Waals surface area contributed by atoms with Crippen molar-refractivity contribution in [1.29, 1.82) is 0 Å². The molecule has 0 radical (unpaired) electrons. The van der Waals surface area contributed by atoms with Crippen LogP contribution in [0.15, 0.2) is 12.1 Å². The number of hydrogen-bond acceptors (Lipinski definition) is 3. The number of aromatic nitrogens is 3. The highest BCUT2D eigenvalue weighted by molar-refractivity contribution is 6.30. The normalized spacial score (nSPS) is 11.3. The average molecular weight is 222 g/mol. The van der Waals surface area contributed by atoms with Gasteiger partial charge in [-0.25, -0.2) is 15.0 Å². The van der Waals surface area contributed by atoms with Crippen LogP contribution in [0.2, 0.25) is 5.15 Å². The van der Waals surface area contributed by atoms with E-state index in [1.165, 1.54) is 0 Å². The lowest BCUT2D eigenvalue weighted by atomic mass is 10.1. The first-order valence-corrected chi connectivity index (χ1v) is 5.26. The molecule has 0 aliphatic carbocycles. The van der Waals surface area contributed by atoms with Crippen LogP contribution in [0, 0.1) is 6.92 Å². The summed E-state index contributed by atoms with van der Waals surface area (Å²) in [5.41, 5.74) is 3.16. The maximum Gasteiger partial charge on any atom is 0.179 e. The number of hydrogen-bond donors (Lipinski definition) is 0. The predicted molar refractivity (Wildman–Crippen MR) is 61.2 cm³/mol. The van der Waals surface area contributed by atoms with Crippen molar-refractivity contribution in [1.82, 2.24) is 15.0 Å². The van der Waals surface area contributed by atoms with Crippen molar-refractivity contribution in [3.05, 3.63) is 28.7 Å². The Labute approximate surface area is 93.5 Å². The van der Waals surface area contributed by atoms with Crippen molar-refractivity contribution >= 4 is 22.8 Å². The topological polar surface area (TPSA) is 38.7 Å². The highest BCUT2D eigenvalue weighted by atomic mass is 35.5. The maximum atomic E-state index is 5.91. The van der Waals surface area contributed by atoms with Crippen molar-refractivity contribution in [3.63, 3.8) is 0 Å². The Morgan fingerprint density at radius 3 is 2.53 bits per heavy atom. The van der Waals surface area contributed by atoms with Crippen LogP contribution in [-0.2, 0) is 0 Å². The zero-order valence-electron chi connectivity index (χ0n) is 8.95. The van der Waals surface area contributed by atoms with E-state index in [1.54, 1.807) is 0 Å². The molecule has 0 aliphatic rings. The van der Waals surface area contributed by atoms with Crippen LogP contribution in [0.1, 0.15) is 31.2 Å². The Balaban J connectivity index is 2.66. The van der Waals surface area contributed by atoms with Gasteiger partial charge in [0.2, 0.25) is 0 Å². The number of halogens is 1. The number of nitrogens with zero attached hydrogens (tertiary/aromatic N) is 3. The third kappa shape index (κ3) is 1.92. The first kappa shape index (κ1) is 10.3. The summed E-state index contributed by atoms with van der Waals surface area (Å²) >= 11 is 5.91. The lowest BCUT2D eigenvalue weighted by Crippen LogP contribution is -1.97. The summed E-state index contributed by atoms with van der Waals surface area (Å²) in [5, 5.41) is 0.427. The second-order valence-electron chi connectivity index (χ2n) is 3.83. The lowest BCUT2D eigenvalue weighted by molar-refractivity contribution is 0.827. The van der Waals surface area contributed by atoms with Crippen molar-refractivity contribution in [2.24, 2.45) is 0 Å². The zero-order chi connectivity index (χ0) is 11.0. The van der Waals surface area contributed by atoms with Crippen LogP contribution >= 0.6 is 11.6 Å².